The highest BCUT2D eigenvalue weighted by Gasteiger charge is 2.02. The molecular formula is C14H19NO6. The molecule has 0 saturated carbocycles. The number of nitrogens with one attached hydrogen (secondary N) is 1. The molecule has 1 rings (SSSR count). The summed E-state index contributed by atoms with van der Waals surface area (Å²) in [6, 6.07) is 5.19. The molecule has 0 aromatic heterocycles. The molecule has 0 radical (unpaired) electrons. The maximum Gasteiger partial charge on any atom is 0.310 e. The second kappa shape index (κ2) is 9.35. The van der Waals surface area contributed by atoms with Crippen LogP contribution in [0.15, 0.2) is 18.2 Å². The van der Waals surface area contributed by atoms with Gasteiger partial charge in [0, 0.05) is 44.7 Å². The minimum atomic E-state index is -0.562. The predicted octanol–water partition coefficient (Wildman–Crippen LogP) is 1.76. The van der Waals surface area contributed by atoms with Gasteiger partial charge in [0.2, 0.25) is 5.91 Å². The molecule has 0 aliphatic heterocycles. The van der Waals surface area contributed by atoms with Gasteiger partial charge in [-0.3, -0.25) is 14.4 Å². The smallest absolute Gasteiger partial charge is 0.310 e. The molecular weight excluding hydrogens is 278 g/mol. The molecule has 0 spiro atoms. The van der Waals surface area contributed by atoms with Crippen LogP contribution in [0.25, 0.3) is 0 Å². The average molecular weight is 297 g/mol. The standard InChI is InChI=1S/C10H13NO3.C4H6O3/c1-7(12)11-8-4-9(13-2)6-10(5-8)14-3;1-3(5)7-4(2)6/h4-6H,1-3H3,(H,11,12);1-2H3. The lowest BCUT2D eigenvalue weighted by Crippen LogP contribution is -2.05. The quantitative estimate of drug-likeness (QED) is 0.675. The van der Waals surface area contributed by atoms with Crippen LogP contribution in [-0.4, -0.2) is 32.1 Å². The molecule has 1 aromatic carbocycles. The largest absolute Gasteiger partial charge is 0.497 e. The van der Waals surface area contributed by atoms with E-state index >= 15 is 0 Å². The number of carbonyl (C=O) groups is 3. The van der Waals surface area contributed by atoms with E-state index in [1.165, 1.54) is 20.8 Å². The lowest BCUT2D eigenvalue weighted by atomic mass is 10.2. The Morgan fingerprint density at radius 3 is 1.52 bits per heavy atom. The van der Waals surface area contributed by atoms with Gasteiger partial charge in [0.25, 0.3) is 0 Å². The minimum absolute atomic E-state index is 0.125. The number of amides is 1. The van der Waals surface area contributed by atoms with Gasteiger partial charge in [-0.1, -0.05) is 0 Å². The Bertz CT molecular complexity index is 478. The lowest BCUT2D eigenvalue weighted by Gasteiger charge is -2.08. The third kappa shape index (κ3) is 9.04. The van der Waals surface area contributed by atoms with Gasteiger partial charge in [-0.2, -0.15) is 0 Å². The lowest BCUT2D eigenvalue weighted by molar-refractivity contribution is -0.156. The van der Waals surface area contributed by atoms with Gasteiger partial charge in [0.1, 0.15) is 11.5 Å². The summed E-state index contributed by atoms with van der Waals surface area (Å²) in [7, 11) is 3.12. The molecule has 1 amide bonds. The highest BCUT2D eigenvalue weighted by molar-refractivity contribution is 5.89. The molecule has 0 fully saturated rings. The summed E-state index contributed by atoms with van der Waals surface area (Å²) < 4.78 is 14.1. The van der Waals surface area contributed by atoms with Gasteiger partial charge in [-0.05, 0) is 0 Å². The number of rotatable bonds is 3. The Morgan fingerprint density at radius 2 is 1.29 bits per heavy atom. The summed E-state index contributed by atoms with van der Waals surface area (Å²) in [4.78, 5) is 30.4. The molecule has 0 heterocycles. The van der Waals surface area contributed by atoms with Crippen molar-refractivity contribution in [1.29, 1.82) is 0 Å². The third-order valence-corrected chi connectivity index (χ3v) is 1.96. The highest BCUT2D eigenvalue weighted by atomic mass is 16.6. The summed E-state index contributed by atoms with van der Waals surface area (Å²) in [5.74, 6) is 0.0431. The van der Waals surface area contributed by atoms with Crippen molar-refractivity contribution in [2.24, 2.45) is 0 Å². The molecule has 0 aliphatic carbocycles. The van der Waals surface area contributed by atoms with E-state index in [9.17, 15) is 14.4 Å². The van der Waals surface area contributed by atoms with E-state index in [2.05, 4.69) is 10.1 Å². The third-order valence-electron chi connectivity index (χ3n) is 1.96. The Morgan fingerprint density at radius 1 is 0.857 bits per heavy atom. The first-order valence-electron chi connectivity index (χ1n) is 5.98. The summed E-state index contributed by atoms with van der Waals surface area (Å²) in [6.07, 6.45) is 0. The number of anilines is 1. The Kier molecular flexibility index (Phi) is 8.21. The van der Waals surface area contributed by atoms with E-state index in [0.29, 0.717) is 17.2 Å². The SMILES string of the molecule is CC(=O)OC(C)=O.COc1cc(NC(C)=O)cc(OC)c1. The Balaban J connectivity index is 0.000000486. The van der Waals surface area contributed by atoms with E-state index in [0.717, 1.165) is 0 Å². The average Bonchev–Trinajstić information content (AvgIpc) is 2.36. The van der Waals surface area contributed by atoms with Crippen molar-refractivity contribution in [3.8, 4) is 11.5 Å². The van der Waals surface area contributed by atoms with Crippen LogP contribution in [-0.2, 0) is 19.1 Å². The van der Waals surface area contributed by atoms with Crippen LogP contribution in [0.5, 0.6) is 11.5 Å². The molecule has 116 valence electrons. The van der Waals surface area contributed by atoms with Gasteiger partial charge < -0.3 is 19.5 Å². The van der Waals surface area contributed by atoms with Gasteiger partial charge in [0.05, 0.1) is 14.2 Å². The van der Waals surface area contributed by atoms with E-state index in [1.807, 2.05) is 0 Å². The molecule has 7 nitrogen and oxygen atoms in total. The van der Waals surface area contributed by atoms with Gasteiger partial charge in [0.15, 0.2) is 0 Å². The van der Waals surface area contributed by atoms with Crippen LogP contribution in [0.2, 0.25) is 0 Å². The van der Waals surface area contributed by atoms with Crippen molar-refractivity contribution in [3.05, 3.63) is 18.2 Å². The fraction of sp³-hybridized carbons (Fsp3) is 0.357. The van der Waals surface area contributed by atoms with E-state index < -0.39 is 11.9 Å². The summed E-state index contributed by atoms with van der Waals surface area (Å²) in [5.41, 5.74) is 0.661. The number of hydrogen-bond donors (Lipinski definition) is 1. The summed E-state index contributed by atoms with van der Waals surface area (Å²) in [6.45, 7) is 3.81. The number of esters is 2. The zero-order chi connectivity index (χ0) is 16.4. The number of hydrogen-bond acceptors (Lipinski definition) is 6. The summed E-state index contributed by atoms with van der Waals surface area (Å²) >= 11 is 0. The van der Waals surface area contributed by atoms with E-state index in [4.69, 9.17) is 9.47 Å². The first-order valence-corrected chi connectivity index (χ1v) is 5.98. The molecule has 0 aliphatic rings. The molecule has 0 bridgehead atoms. The van der Waals surface area contributed by atoms with Gasteiger partial charge in [-0.15, -0.1) is 0 Å². The van der Waals surface area contributed by atoms with Crippen LogP contribution in [0.1, 0.15) is 20.8 Å². The zero-order valence-corrected chi connectivity index (χ0v) is 12.7. The monoisotopic (exact) mass is 297 g/mol. The second-order valence-corrected chi connectivity index (χ2v) is 3.87. The van der Waals surface area contributed by atoms with Crippen molar-refractivity contribution >= 4 is 23.5 Å². The maximum absolute atomic E-state index is 10.8. The van der Waals surface area contributed by atoms with Crippen LogP contribution in [0.3, 0.4) is 0 Å². The fourth-order valence-electron chi connectivity index (χ4n) is 1.29. The van der Waals surface area contributed by atoms with Crippen LogP contribution < -0.4 is 14.8 Å². The first kappa shape index (κ1) is 18.4. The van der Waals surface area contributed by atoms with Crippen molar-refractivity contribution in [2.45, 2.75) is 20.8 Å². The molecule has 0 unspecified atom stereocenters. The second-order valence-electron chi connectivity index (χ2n) is 3.87. The van der Waals surface area contributed by atoms with Crippen molar-refractivity contribution in [2.75, 3.05) is 19.5 Å². The molecule has 0 atom stereocenters. The van der Waals surface area contributed by atoms with Crippen LogP contribution in [0, 0.1) is 0 Å². The van der Waals surface area contributed by atoms with E-state index in [1.54, 1.807) is 32.4 Å². The van der Waals surface area contributed by atoms with Gasteiger partial charge in [-0.25, -0.2) is 0 Å². The Labute approximate surface area is 123 Å². The normalized spacial score (nSPS) is 8.81. The number of methoxy groups -OCH3 is 2. The molecule has 21 heavy (non-hydrogen) atoms. The zero-order valence-electron chi connectivity index (χ0n) is 12.7. The van der Waals surface area contributed by atoms with E-state index in [-0.39, 0.29) is 5.91 Å². The van der Waals surface area contributed by atoms with Crippen molar-refractivity contribution < 1.29 is 28.6 Å². The molecule has 0 saturated heterocycles. The maximum atomic E-state index is 10.8. The number of benzene rings is 1. The molecule has 1 N–H and O–H groups in total. The number of carbonyl (C=O) groups excluding carboxylic acids is 3. The number of ether oxygens (including phenoxy) is 3. The first-order chi connectivity index (χ1) is 9.78. The van der Waals surface area contributed by atoms with Crippen LogP contribution in [0.4, 0.5) is 5.69 Å². The topological polar surface area (TPSA) is 90.9 Å². The fourth-order valence-corrected chi connectivity index (χ4v) is 1.29. The summed E-state index contributed by atoms with van der Waals surface area (Å²) in [5, 5.41) is 2.66. The predicted molar refractivity (Wildman–Crippen MR) is 76.3 cm³/mol. The highest BCUT2D eigenvalue weighted by Crippen LogP contribution is 2.25. The molecule has 7 heteroatoms. The van der Waals surface area contributed by atoms with Crippen LogP contribution >= 0.6 is 0 Å². The van der Waals surface area contributed by atoms with Gasteiger partial charge >= 0.3 is 11.9 Å². The Hall–Kier alpha value is -2.57. The minimum Gasteiger partial charge on any atom is -0.497 e. The van der Waals surface area contributed by atoms with Crippen molar-refractivity contribution in [1.82, 2.24) is 0 Å². The van der Waals surface area contributed by atoms with Crippen molar-refractivity contribution in [3.63, 3.8) is 0 Å². The molecule has 1 aromatic rings.